The lowest BCUT2D eigenvalue weighted by atomic mass is 9.57. The topological polar surface area (TPSA) is 185 Å². The molecule has 3 saturated heterocycles. The van der Waals surface area contributed by atoms with Crippen molar-refractivity contribution in [2.24, 2.45) is 10.8 Å². The van der Waals surface area contributed by atoms with E-state index < -0.39 is 48.6 Å². The number of nitrogens with zero attached hydrogens (tertiary/aromatic N) is 4. The number of alkyl halides is 12. The molecule has 0 saturated carbocycles. The van der Waals surface area contributed by atoms with Crippen molar-refractivity contribution in [3.05, 3.63) is 53.7 Å². The van der Waals surface area contributed by atoms with Gasteiger partial charge in [0.1, 0.15) is 11.5 Å². The van der Waals surface area contributed by atoms with Crippen molar-refractivity contribution in [2.75, 3.05) is 39.3 Å². The lowest BCUT2D eigenvalue weighted by Gasteiger charge is -2.58. The maximum Gasteiger partial charge on any atom is 0.490 e. The van der Waals surface area contributed by atoms with Crippen LogP contribution < -0.4 is 0 Å². The van der Waals surface area contributed by atoms with Crippen molar-refractivity contribution >= 4 is 23.9 Å². The molecule has 3 fully saturated rings. The van der Waals surface area contributed by atoms with Crippen LogP contribution in [0.2, 0.25) is 0 Å². The predicted molar refractivity (Wildman–Crippen MR) is 178 cm³/mol. The number of fused-ring (bicyclic) bond motifs is 1. The van der Waals surface area contributed by atoms with Gasteiger partial charge in [0.15, 0.2) is 0 Å². The minimum absolute atomic E-state index is 0.439. The molecule has 1 atom stereocenters. The quantitative estimate of drug-likeness (QED) is 0.233. The normalized spacial score (nSPS) is 19.7. The number of carboxylic acid groups (broad SMARTS) is 4. The van der Waals surface area contributed by atoms with Crippen LogP contribution in [0.15, 0.2) is 41.1 Å². The highest BCUT2D eigenvalue weighted by Crippen LogP contribution is 2.58. The van der Waals surface area contributed by atoms with Gasteiger partial charge in [-0.1, -0.05) is 6.07 Å². The summed E-state index contributed by atoms with van der Waals surface area (Å²) < 4.78 is 133. The molecule has 2 aromatic heterocycles. The number of aromatic nitrogens is 1. The van der Waals surface area contributed by atoms with Gasteiger partial charge in [-0.3, -0.25) is 19.7 Å². The van der Waals surface area contributed by atoms with Gasteiger partial charge in [-0.15, -0.1) is 0 Å². The maximum atomic E-state index is 10.6. The number of carboxylic acids is 4. The number of hydrogen-bond acceptors (Lipinski definition) is 9. The van der Waals surface area contributed by atoms with Gasteiger partial charge in [-0.25, -0.2) is 19.2 Å². The molecule has 2 spiro atoms. The van der Waals surface area contributed by atoms with Crippen LogP contribution in [0.1, 0.15) is 50.2 Å². The number of halogens is 12. The SMILES string of the molecule is Cc1ccc(CN2CCCC3(CC2)CN(Cc2cccnc2)CC32CN(C(C)C)C2)o1.O=C(O)C(F)(F)F.O=C(O)C(F)(F)F.O=C(O)C(F)(F)F.O=C(O)C(F)(F)F. The standard InChI is InChI=1S/C26H38N4O.4C2HF3O2/c1-21(2)30-19-26(20-30)18-29(15-23-6-4-11-27-14-23)17-25(26)9-5-12-28(13-10-25)16-24-8-7-22(3)31-24;4*3-2(4,5)1(6)7/h4,6-8,11,14,21H,5,9-10,12-13,15-20H2,1-3H3;4*(H,6,7). The molecule has 0 bridgehead atoms. The highest BCUT2D eigenvalue weighted by atomic mass is 19.4. The van der Waals surface area contributed by atoms with Crippen LogP contribution in [0.4, 0.5) is 52.7 Å². The molecule has 25 heteroatoms. The molecular formula is C34H42F12N4O9. The van der Waals surface area contributed by atoms with Crippen LogP contribution in [0, 0.1) is 17.8 Å². The first-order chi connectivity index (χ1) is 26.7. The lowest BCUT2D eigenvalue weighted by Crippen LogP contribution is -2.65. The summed E-state index contributed by atoms with van der Waals surface area (Å²) in [6, 6.07) is 9.19. The van der Waals surface area contributed by atoms with Crippen molar-refractivity contribution < 1.29 is 96.7 Å². The van der Waals surface area contributed by atoms with E-state index in [1.165, 1.54) is 64.1 Å². The van der Waals surface area contributed by atoms with Crippen molar-refractivity contribution in [1.29, 1.82) is 0 Å². The Morgan fingerprint density at radius 3 is 1.51 bits per heavy atom. The van der Waals surface area contributed by atoms with Crippen molar-refractivity contribution in [3.8, 4) is 0 Å². The third-order valence-electron chi connectivity index (χ3n) is 9.23. The first-order valence-electron chi connectivity index (χ1n) is 17.1. The smallest absolute Gasteiger partial charge is 0.475 e. The number of pyridine rings is 1. The Morgan fingerprint density at radius 1 is 0.678 bits per heavy atom. The molecule has 59 heavy (non-hydrogen) atoms. The van der Waals surface area contributed by atoms with Crippen molar-refractivity contribution in [2.45, 2.75) is 83.9 Å². The Labute approximate surface area is 328 Å². The van der Waals surface area contributed by atoms with E-state index in [1.54, 1.807) is 0 Å². The summed E-state index contributed by atoms with van der Waals surface area (Å²) in [5.41, 5.74) is 2.24. The number of aliphatic carboxylic acids is 4. The average Bonchev–Trinajstić information content (AvgIpc) is 3.55. The van der Waals surface area contributed by atoms with Crippen molar-refractivity contribution in [3.63, 3.8) is 0 Å². The molecule has 4 N–H and O–H groups in total. The zero-order valence-electron chi connectivity index (χ0n) is 31.5. The minimum atomic E-state index is -5.08. The maximum absolute atomic E-state index is 10.6. The fourth-order valence-electron chi connectivity index (χ4n) is 6.53. The molecule has 5 heterocycles. The monoisotopic (exact) mass is 878 g/mol. The molecule has 0 aliphatic carbocycles. The van der Waals surface area contributed by atoms with Crippen LogP contribution in [0.25, 0.3) is 0 Å². The van der Waals surface area contributed by atoms with Gasteiger partial charge in [0, 0.05) is 56.6 Å². The fraction of sp³-hybridized carbons (Fsp3) is 0.618. The summed E-state index contributed by atoms with van der Waals surface area (Å²) in [6.45, 7) is 16.1. The molecule has 3 aliphatic heterocycles. The van der Waals surface area contributed by atoms with E-state index in [1.807, 2.05) is 19.3 Å². The lowest BCUT2D eigenvalue weighted by molar-refractivity contribution is -0.193. The Kier molecular flexibility index (Phi) is 18.7. The fourth-order valence-corrected chi connectivity index (χ4v) is 6.53. The van der Waals surface area contributed by atoms with Crippen LogP contribution in [-0.4, -0.2) is 134 Å². The third-order valence-corrected chi connectivity index (χ3v) is 9.23. The van der Waals surface area contributed by atoms with Gasteiger partial charge in [0.05, 0.1) is 6.54 Å². The van der Waals surface area contributed by atoms with E-state index >= 15 is 0 Å². The van der Waals surface area contributed by atoms with Gasteiger partial charge in [0.2, 0.25) is 0 Å². The molecule has 336 valence electrons. The molecule has 1 unspecified atom stereocenters. The van der Waals surface area contributed by atoms with Crippen LogP contribution in [0.3, 0.4) is 0 Å². The van der Waals surface area contributed by atoms with Crippen molar-refractivity contribution in [1.82, 2.24) is 19.7 Å². The number of furan rings is 1. The molecule has 0 amide bonds. The summed E-state index contributed by atoms with van der Waals surface area (Å²) >= 11 is 0. The van der Waals surface area contributed by atoms with Gasteiger partial charge in [0.25, 0.3) is 0 Å². The second-order valence-electron chi connectivity index (χ2n) is 13.9. The third kappa shape index (κ3) is 17.2. The predicted octanol–water partition coefficient (Wildman–Crippen LogP) is 6.71. The summed E-state index contributed by atoms with van der Waals surface area (Å²) in [5.74, 6) is -8.90. The number of carbonyl (C=O) groups is 4. The van der Waals surface area contributed by atoms with Gasteiger partial charge in [-0.2, -0.15) is 52.7 Å². The van der Waals surface area contributed by atoms with E-state index in [-0.39, 0.29) is 0 Å². The Hall–Kier alpha value is -4.65. The summed E-state index contributed by atoms with van der Waals surface area (Å²) in [4.78, 5) is 48.0. The first-order valence-corrected chi connectivity index (χ1v) is 17.1. The molecule has 5 rings (SSSR count). The highest BCUT2D eigenvalue weighted by Gasteiger charge is 2.62. The van der Waals surface area contributed by atoms with Gasteiger partial charge >= 0.3 is 48.6 Å². The molecule has 0 aromatic carbocycles. The Bertz CT molecular complexity index is 1560. The number of rotatable bonds is 5. The number of hydrogen-bond donors (Lipinski definition) is 4. The molecule has 2 aromatic rings. The van der Waals surface area contributed by atoms with E-state index in [2.05, 4.69) is 57.8 Å². The zero-order chi connectivity index (χ0) is 45.8. The van der Waals surface area contributed by atoms with Crippen LogP contribution in [-0.2, 0) is 32.3 Å². The average molecular weight is 879 g/mol. The zero-order valence-corrected chi connectivity index (χ0v) is 31.5. The second kappa shape index (κ2) is 21.0. The largest absolute Gasteiger partial charge is 0.490 e. The molecule has 3 aliphatic rings. The highest BCUT2D eigenvalue weighted by molar-refractivity contribution is 5.74. The Morgan fingerprint density at radius 2 is 1.14 bits per heavy atom. The summed E-state index contributed by atoms with van der Waals surface area (Å²) in [6.07, 6.45) is -12.5. The molecule has 13 nitrogen and oxygen atoms in total. The van der Waals surface area contributed by atoms with E-state index in [4.69, 9.17) is 44.0 Å². The molecular weight excluding hydrogens is 836 g/mol. The van der Waals surface area contributed by atoms with E-state index in [9.17, 15) is 52.7 Å². The van der Waals surface area contributed by atoms with Gasteiger partial charge < -0.3 is 24.8 Å². The minimum Gasteiger partial charge on any atom is -0.475 e. The first kappa shape index (κ1) is 52.4. The van der Waals surface area contributed by atoms with E-state index in [0.29, 0.717) is 16.9 Å². The van der Waals surface area contributed by atoms with Crippen LogP contribution >= 0.6 is 0 Å². The van der Waals surface area contributed by atoms with E-state index in [0.717, 1.165) is 24.6 Å². The van der Waals surface area contributed by atoms with Crippen LogP contribution in [0.5, 0.6) is 0 Å². The summed E-state index contributed by atoms with van der Waals surface area (Å²) in [5, 5.41) is 28.5. The number of aryl methyl sites for hydroxylation is 1. The van der Waals surface area contributed by atoms with Gasteiger partial charge in [-0.05, 0) is 82.3 Å². The second-order valence-corrected chi connectivity index (χ2v) is 13.9. The Balaban J connectivity index is 0.000000505. The summed E-state index contributed by atoms with van der Waals surface area (Å²) in [7, 11) is 0. The molecule has 0 radical (unpaired) electrons. The number of likely N-dealkylation sites (tertiary alicyclic amines) is 3.